The smallest absolute Gasteiger partial charge is 0.121 e. The second-order valence-electron chi connectivity index (χ2n) is 3.95. The van der Waals surface area contributed by atoms with E-state index in [0.717, 1.165) is 43.5 Å². The highest BCUT2D eigenvalue weighted by Gasteiger charge is 2.15. The number of nitrogen functional groups attached to an aromatic ring is 1. The lowest BCUT2D eigenvalue weighted by atomic mass is 10.0. The van der Waals surface area contributed by atoms with Crippen molar-refractivity contribution in [2.45, 2.75) is 19.3 Å². The average molecular weight is 195 g/mol. The van der Waals surface area contributed by atoms with E-state index in [0.29, 0.717) is 0 Å². The number of aryl methyl sites for hydroxylation is 2. The van der Waals surface area contributed by atoms with Crippen LogP contribution < -0.4 is 5.73 Å². The van der Waals surface area contributed by atoms with Gasteiger partial charge in [0, 0.05) is 26.3 Å². The van der Waals surface area contributed by atoms with Gasteiger partial charge in [0.05, 0.1) is 5.69 Å². The van der Waals surface area contributed by atoms with Crippen LogP contribution in [-0.4, -0.2) is 23.0 Å². The Morgan fingerprint density at radius 2 is 2.57 bits per heavy atom. The molecule has 4 heteroatoms. The first-order valence-electron chi connectivity index (χ1n) is 5.12. The summed E-state index contributed by atoms with van der Waals surface area (Å²) in [6.07, 6.45) is 3.37. The predicted molar refractivity (Wildman–Crippen MR) is 54.9 cm³/mol. The maximum Gasteiger partial charge on any atom is 0.121 e. The molecule has 2 rings (SSSR count). The summed E-state index contributed by atoms with van der Waals surface area (Å²) in [5.74, 6) is 1.46. The highest BCUT2D eigenvalue weighted by molar-refractivity contribution is 5.30. The molecule has 1 saturated heterocycles. The normalized spacial score (nSPS) is 21.6. The molecule has 1 atom stereocenters. The molecule has 2 N–H and O–H groups in total. The Morgan fingerprint density at radius 3 is 3.14 bits per heavy atom. The second kappa shape index (κ2) is 4.00. The summed E-state index contributed by atoms with van der Waals surface area (Å²) in [5, 5.41) is 4.32. The minimum atomic E-state index is 0.721. The van der Waals surface area contributed by atoms with Crippen LogP contribution in [0.5, 0.6) is 0 Å². The van der Waals surface area contributed by atoms with Crippen molar-refractivity contribution in [3.05, 3.63) is 11.8 Å². The Bertz CT molecular complexity index is 283. The Labute approximate surface area is 84.0 Å². The van der Waals surface area contributed by atoms with Crippen LogP contribution in [0.3, 0.4) is 0 Å². The van der Waals surface area contributed by atoms with E-state index in [2.05, 4.69) is 5.10 Å². The molecule has 0 aliphatic carbocycles. The molecule has 1 fully saturated rings. The Kier molecular flexibility index (Phi) is 2.72. The molecule has 0 amide bonds. The Balaban J connectivity index is 1.85. The molecular weight excluding hydrogens is 178 g/mol. The van der Waals surface area contributed by atoms with Crippen molar-refractivity contribution in [2.24, 2.45) is 13.0 Å². The van der Waals surface area contributed by atoms with Gasteiger partial charge in [0.25, 0.3) is 0 Å². The SMILES string of the molecule is Cn1nc(CCC2CCOC2)cc1N. The van der Waals surface area contributed by atoms with Gasteiger partial charge in [0.1, 0.15) is 5.82 Å². The predicted octanol–water partition coefficient (Wildman–Crippen LogP) is 0.971. The zero-order chi connectivity index (χ0) is 9.97. The minimum absolute atomic E-state index is 0.721. The van der Waals surface area contributed by atoms with E-state index >= 15 is 0 Å². The van der Waals surface area contributed by atoms with Crippen LogP contribution in [-0.2, 0) is 18.2 Å². The number of hydrogen-bond donors (Lipinski definition) is 1. The molecule has 78 valence electrons. The average Bonchev–Trinajstić information content (AvgIpc) is 2.74. The molecule has 1 aromatic rings. The first kappa shape index (κ1) is 9.52. The molecule has 1 aliphatic heterocycles. The van der Waals surface area contributed by atoms with Crippen molar-refractivity contribution in [1.82, 2.24) is 9.78 Å². The lowest BCUT2D eigenvalue weighted by Gasteiger charge is -2.04. The van der Waals surface area contributed by atoms with Crippen LogP contribution in [0.4, 0.5) is 5.82 Å². The highest BCUT2D eigenvalue weighted by Crippen LogP contribution is 2.18. The highest BCUT2D eigenvalue weighted by atomic mass is 16.5. The van der Waals surface area contributed by atoms with Crippen molar-refractivity contribution in [3.63, 3.8) is 0 Å². The van der Waals surface area contributed by atoms with Crippen LogP contribution in [0.25, 0.3) is 0 Å². The topological polar surface area (TPSA) is 53.1 Å². The third kappa shape index (κ3) is 2.07. The molecule has 0 radical (unpaired) electrons. The van der Waals surface area contributed by atoms with Crippen LogP contribution in [0.1, 0.15) is 18.5 Å². The number of nitrogens with zero attached hydrogens (tertiary/aromatic N) is 2. The van der Waals surface area contributed by atoms with Crippen LogP contribution in [0, 0.1) is 5.92 Å². The molecule has 0 saturated carbocycles. The van der Waals surface area contributed by atoms with Crippen molar-refractivity contribution in [2.75, 3.05) is 18.9 Å². The summed E-state index contributed by atoms with van der Waals surface area (Å²) in [4.78, 5) is 0. The fourth-order valence-corrected chi connectivity index (χ4v) is 1.83. The van der Waals surface area contributed by atoms with E-state index in [1.54, 1.807) is 4.68 Å². The molecule has 1 aliphatic rings. The third-order valence-corrected chi connectivity index (χ3v) is 2.80. The Hall–Kier alpha value is -1.03. The van der Waals surface area contributed by atoms with Gasteiger partial charge < -0.3 is 10.5 Å². The summed E-state index contributed by atoms with van der Waals surface area (Å²) in [6.45, 7) is 1.84. The number of nitrogens with two attached hydrogens (primary N) is 1. The summed E-state index contributed by atoms with van der Waals surface area (Å²) < 4.78 is 7.05. The zero-order valence-electron chi connectivity index (χ0n) is 8.57. The van der Waals surface area contributed by atoms with E-state index in [9.17, 15) is 0 Å². The molecule has 0 spiro atoms. The van der Waals surface area contributed by atoms with Gasteiger partial charge >= 0.3 is 0 Å². The van der Waals surface area contributed by atoms with Crippen molar-refractivity contribution < 1.29 is 4.74 Å². The lowest BCUT2D eigenvalue weighted by Crippen LogP contribution is -2.02. The summed E-state index contributed by atoms with van der Waals surface area (Å²) in [7, 11) is 1.87. The summed E-state index contributed by atoms with van der Waals surface area (Å²) >= 11 is 0. The number of ether oxygens (including phenoxy) is 1. The fraction of sp³-hybridized carbons (Fsp3) is 0.700. The van der Waals surface area contributed by atoms with Crippen LogP contribution in [0.2, 0.25) is 0 Å². The zero-order valence-corrected chi connectivity index (χ0v) is 8.57. The molecular formula is C10H17N3O. The Morgan fingerprint density at radius 1 is 1.71 bits per heavy atom. The van der Waals surface area contributed by atoms with Gasteiger partial charge in [-0.05, 0) is 25.2 Å². The number of hydrogen-bond acceptors (Lipinski definition) is 3. The fourth-order valence-electron chi connectivity index (χ4n) is 1.83. The molecule has 1 aromatic heterocycles. The van der Waals surface area contributed by atoms with Gasteiger partial charge in [0.2, 0.25) is 0 Å². The first-order valence-corrected chi connectivity index (χ1v) is 5.12. The maximum absolute atomic E-state index is 5.70. The van der Waals surface area contributed by atoms with Crippen LogP contribution >= 0.6 is 0 Å². The molecule has 14 heavy (non-hydrogen) atoms. The quantitative estimate of drug-likeness (QED) is 0.782. The monoisotopic (exact) mass is 195 g/mol. The van der Waals surface area contributed by atoms with Crippen molar-refractivity contribution in [1.29, 1.82) is 0 Å². The molecule has 0 bridgehead atoms. The summed E-state index contributed by atoms with van der Waals surface area (Å²) in [6, 6.07) is 1.95. The molecule has 0 aromatic carbocycles. The number of rotatable bonds is 3. The lowest BCUT2D eigenvalue weighted by molar-refractivity contribution is 0.184. The van der Waals surface area contributed by atoms with Crippen molar-refractivity contribution in [3.8, 4) is 0 Å². The van der Waals surface area contributed by atoms with Gasteiger partial charge in [-0.25, -0.2) is 0 Å². The van der Waals surface area contributed by atoms with Gasteiger partial charge in [-0.1, -0.05) is 0 Å². The minimum Gasteiger partial charge on any atom is -0.384 e. The second-order valence-corrected chi connectivity index (χ2v) is 3.95. The van der Waals surface area contributed by atoms with E-state index in [-0.39, 0.29) is 0 Å². The van der Waals surface area contributed by atoms with Crippen LogP contribution in [0.15, 0.2) is 6.07 Å². The first-order chi connectivity index (χ1) is 6.75. The van der Waals surface area contributed by atoms with Gasteiger partial charge in [-0.15, -0.1) is 0 Å². The van der Waals surface area contributed by atoms with E-state index in [4.69, 9.17) is 10.5 Å². The van der Waals surface area contributed by atoms with E-state index in [1.807, 2.05) is 13.1 Å². The number of aromatic nitrogens is 2. The van der Waals surface area contributed by atoms with E-state index < -0.39 is 0 Å². The van der Waals surface area contributed by atoms with Gasteiger partial charge in [-0.2, -0.15) is 5.10 Å². The van der Waals surface area contributed by atoms with Gasteiger partial charge in [-0.3, -0.25) is 4.68 Å². The molecule has 4 nitrogen and oxygen atoms in total. The van der Waals surface area contributed by atoms with Crippen molar-refractivity contribution >= 4 is 5.82 Å². The standard InChI is InChI=1S/C10H17N3O/c1-13-10(11)6-9(12-13)3-2-8-4-5-14-7-8/h6,8H,2-5,7,11H2,1H3. The summed E-state index contributed by atoms with van der Waals surface area (Å²) in [5.41, 5.74) is 6.79. The largest absolute Gasteiger partial charge is 0.384 e. The third-order valence-electron chi connectivity index (χ3n) is 2.80. The maximum atomic E-state index is 5.70. The molecule has 2 heterocycles. The molecule has 1 unspecified atom stereocenters. The van der Waals surface area contributed by atoms with E-state index in [1.165, 1.54) is 6.42 Å². The van der Waals surface area contributed by atoms with Gasteiger partial charge in [0.15, 0.2) is 0 Å². The number of anilines is 1.